The Hall–Kier alpha value is -6.07. The predicted octanol–water partition coefficient (Wildman–Crippen LogP) is 14.4. The maximum absolute atomic E-state index is 4.52. The van der Waals surface area contributed by atoms with Crippen LogP contribution in [0.5, 0.6) is 0 Å². The minimum Gasteiger partial charge on any atom is -0.310 e. The molecule has 2 nitrogen and oxygen atoms in total. The van der Waals surface area contributed by atoms with E-state index in [0.717, 1.165) is 28.0 Å². The monoisotopic (exact) mass is 684 g/mol. The molecule has 11 aromatic rings. The molecule has 0 bridgehead atoms. The number of aromatic nitrogens is 1. The molecule has 0 saturated carbocycles. The van der Waals surface area contributed by atoms with Crippen LogP contribution in [0.3, 0.4) is 0 Å². The minimum atomic E-state index is 1.01. The number of hydrogen-bond acceptors (Lipinski definition) is 4. The van der Waals surface area contributed by atoms with Gasteiger partial charge in [-0.1, -0.05) is 72.8 Å². The van der Waals surface area contributed by atoms with E-state index in [-0.39, 0.29) is 0 Å². The van der Waals surface area contributed by atoms with E-state index in [1.165, 1.54) is 73.0 Å². The zero-order valence-corrected chi connectivity index (χ0v) is 29.0. The molecule has 11 rings (SSSR count). The largest absolute Gasteiger partial charge is 0.310 e. The Morgan fingerprint density at radius 1 is 0.353 bits per heavy atom. The van der Waals surface area contributed by atoms with Gasteiger partial charge in [0.2, 0.25) is 0 Å². The highest BCUT2D eigenvalue weighted by Crippen LogP contribution is 2.42. The summed E-state index contributed by atoms with van der Waals surface area (Å²) in [5.74, 6) is 0. The highest BCUT2D eigenvalue weighted by Gasteiger charge is 2.16. The van der Waals surface area contributed by atoms with Gasteiger partial charge in [0.05, 0.1) is 5.52 Å². The second-order valence-corrected chi connectivity index (χ2v) is 15.4. The van der Waals surface area contributed by atoms with Crippen molar-refractivity contribution >= 4 is 113 Å². The Kier molecular flexibility index (Phi) is 6.32. The van der Waals surface area contributed by atoms with Crippen molar-refractivity contribution in [3.63, 3.8) is 0 Å². The Labute approximate surface area is 302 Å². The standard InChI is InChI=1S/C47H28N2S2/c1-3-9-44-39(7-1)41-25-34-23-37(18-13-31(34)27-46(41)50-44)49(36-16-11-29(12-17-36)30-15-20-43-33(22-30)6-5-21-48-43)38-19-14-32-28-47-42(26-35(32)24-38)40-8-2-4-10-45(40)51-47/h1-28H. The van der Waals surface area contributed by atoms with Gasteiger partial charge >= 0.3 is 0 Å². The lowest BCUT2D eigenvalue weighted by Gasteiger charge is -2.26. The van der Waals surface area contributed by atoms with Crippen molar-refractivity contribution in [2.75, 3.05) is 4.90 Å². The fourth-order valence-electron chi connectivity index (χ4n) is 7.70. The Balaban J connectivity index is 1.08. The molecule has 0 fully saturated rings. The van der Waals surface area contributed by atoms with Crippen LogP contribution in [0.4, 0.5) is 17.1 Å². The molecule has 0 N–H and O–H groups in total. The molecular weight excluding hydrogens is 657 g/mol. The summed E-state index contributed by atoms with van der Waals surface area (Å²) < 4.78 is 5.32. The van der Waals surface area contributed by atoms with E-state index in [2.05, 4.69) is 168 Å². The smallest absolute Gasteiger partial charge is 0.0702 e. The molecule has 0 spiro atoms. The molecule has 3 aromatic heterocycles. The number of hydrogen-bond donors (Lipinski definition) is 0. The van der Waals surface area contributed by atoms with Crippen molar-refractivity contribution in [3.8, 4) is 11.1 Å². The number of anilines is 3. The third kappa shape index (κ3) is 4.72. The van der Waals surface area contributed by atoms with Crippen molar-refractivity contribution < 1.29 is 0 Å². The molecule has 238 valence electrons. The van der Waals surface area contributed by atoms with Gasteiger partial charge in [-0.05, 0) is 124 Å². The second kappa shape index (κ2) is 11.2. The molecule has 0 aliphatic heterocycles. The number of rotatable bonds is 4. The molecule has 4 heteroatoms. The average molecular weight is 685 g/mol. The first-order chi connectivity index (χ1) is 25.2. The zero-order chi connectivity index (χ0) is 33.5. The fraction of sp³-hybridized carbons (Fsp3) is 0. The van der Waals surface area contributed by atoms with Crippen LogP contribution in [0, 0.1) is 0 Å². The van der Waals surface area contributed by atoms with Crippen molar-refractivity contribution in [3.05, 3.63) is 170 Å². The fourth-order valence-corrected chi connectivity index (χ4v) is 9.97. The van der Waals surface area contributed by atoms with E-state index >= 15 is 0 Å². The summed E-state index contributed by atoms with van der Waals surface area (Å²) in [5.41, 5.74) is 6.75. The molecule has 0 saturated heterocycles. The van der Waals surface area contributed by atoms with Gasteiger partial charge in [-0.25, -0.2) is 0 Å². The quantitative estimate of drug-likeness (QED) is 0.183. The maximum Gasteiger partial charge on any atom is 0.0702 e. The molecule has 3 heterocycles. The van der Waals surface area contributed by atoms with Crippen molar-refractivity contribution in [2.24, 2.45) is 0 Å². The van der Waals surface area contributed by atoms with E-state index in [9.17, 15) is 0 Å². The SMILES string of the molecule is c1cnc2ccc(-c3ccc(N(c4ccc5cc6sc7ccccc7c6cc5c4)c4ccc5cc6sc7ccccc7c6cc5c4)cc3)cc2c1. The molecule has 0 unspecified atom stereocenters. The maximum atomic E-state index is 4.52. The Bertz CT molecular complexity index is 3000. The summed E-state index contributed by atoms with van der Waals surface area (Å²) in [6, 6.07) is 60.3. The van der Waals surface area contributed by atoms with E-state index in [4.69, 9.17) is 0 Å². The van der Waals surface area contributed by atoms with Crippen LogP contribution < -0.4 is 4.90 Å². The molecule has 0 amide bonds. The Morgan fingerprint density at radius 2 is 0.922 bits per heavy atom. The van der Waals surface area contributed by atoms with Crippen molar-refractivity contribution in [1.82, 2.24) is 4.98 Å². The normalized spacial score (nSPS) is 11.9. The van der Waals surface area contributed by atoms with Gasteiger partial charge in [0.25, 0.3) is 0 Å². The van der Waals surface area contributed by atoms with E-state index in [1.54, 1.807) is 0 Å². The van der Waals surface area contributed by atoms with Crippen LogP contribution >= 0.6 is 22.7 Å². The summed E-state index contributed by atoms with van der Waals surface area (Å²) in [6.45, 7) is 0. The number of nitrogens with zero attached hydrogens (tertiary/aromatic N) is 2. The van der Waals surface area contributed by atoms with E-state index in [1.807, 2.05) is 34.9 Å². The topological polar surface area (TPSA) is 16.1 Å². The minimum absolute atomic E-state index is 1.01. The molecule has 51 heavy (non-hydrogen) atoms. The first kappa shape index (κ1) is 28.7. The summed E-state index contributed by atoms with van der Waals surface area (Å²) in [7, 11) is 0. The summed E-state index contributed by atoms with van der Waals surface area (Å²) in [5, 5.41) is 11.4. The van der Waals surface area contributed by atoms with E-state index < -0.39 is 0 Å². The average Bonchev–Trinajstić information content (AvgIpc) is 3.73. The molecular formula is C47H28N2S2. The van der Waals surface area contributed by atoms with Gasteiger partial charge in [0, 0.05) is 69.0 Å². The van der Waals surface area contributed by atoms with Crippen LogP contribution in [0.1, 0.15) is 0 Å². The van der Waals surface area contributed by atoms with Gasteiger partial charge in [0.15, 0.2) is 0 Å². The predicted molar refractivity (Wildman–Crippen MR) is 223 cm³/mol. The van der Waals surface area contributed by atoms with Crippen LogP contribution in [0.2, 0.25) is 0 Å². The molecule has 0 radical (unpaired) electrons. The first-order valence-corrected chi connectivity index (χ1v) is 18.8. The lowest BCUT2D eigenvalue weighted by Crippen LogP contribution is -2.09. The van der Waals surface area contributed by atoms with Crippen molar-refractivity contribution in [1.29, 1.82) is 0 Å². The summed E-state index contributed by atoms with van der Waals surface area (Å²) in [4.78, 5) is 6.92. The van der Waals surface area contributed by atoms with Gasteiger partial charge in [-0.15, -0.1) is 22.7 Å². The summed E-state index contributed by atoms with van der Waals surface area (Å²) in [6.07, 6.45) is 1.85. The van der Waals surface area contributed by atoms with Gasteiger partial charge in [0.1, 0.15) is 0 Å². The first-order valence-electron chi connectivity index (χ1n) is 17.2. The van der Waals surface area contributed by atoms with Gasteiger partial charge < -0.3 is 4.90 Å². The number of pyridine rings is 1. The lowest BCUT2D eigenvalue weighted by atomic mass is 10.0. The third-order valence-electron chi connectivity index (χ3n) is 10.2. The van der Waals surface area contributed by atoms with Gasteiger partial charge in [-0.2, -0.15) is 0 Å². The number of benzene rings is 8. The number of fused-ring (bicyclic) bond motifs is 9. The molecule has 0 atom stereocenters. The highest BCUT2D eigenvalue weighted by molar-refractivity contribution is 7.26. The highest BCUT2D eigenvalue weighted by atomic mass is 32.1. The van der Waals surface area contributed by atoms with E-state index in [0.29, 0.717) is 0 Å². The van der Waals surface area contributed by atoms with Crippen molar-refractivity contribution in [2.45, 2.75) is 0 Å². The van der Waals surface area contributed by atoms with Crippen LogP contribution in [-0.4, -0.2) is 4.98 Å². The lowest BCUT2D eigenvalue weighted by molar-refractivity contribution is 1.29. The Morgan fingerprint density at radius 3 is 1.55 bits per heavy atom. The van der Waals surface area contributed by atoms with Crippen LogP contribution in [-0.2, 0) is 0 Å². The zero-order valence-electron chi connectivity index (χ0n) is 27.4. The van der Waals surface area contributed by atoms with Gasteiger partial charge in [-0.3, -0.25) is 4.98 Å². The molecule has 8 aromatic carbocycles. The molecule has 0 aliphatic carbocycles. The second-order valence-electron chi connectivity index (χ2n) is 13.2. The third-order valence-corrected chi connectivity index (χ3v) is 12.5. The van der Waals surface area contributed by atoms with Crippen LogP contribution in [0.25, 0.3) is 83.9 Å². The summed E-state index contributed by atoms with van der Waals surface area (Å²) >= 11 is 3.74. The number of thiophene rings is 2. The van der Waals surface area contributed by atoms with Crippen LogP contribution in [0.15, 0.2) is 170 Å². The molecule has 0 aliphatic rings.